The topological polar surface area (TPSA) is 102 Å². The number of imide groups is 1. The van der Waals surface area contributed by atoms with Crippen molar-refractivity contribution < 1.29 is 23.6 Å². The Hall–Kier alpha value is -3.40. The molecule has 0 aromatic heterocycles. The summed E-state index contributed by atoms with van der Waals surface area (Å²) in [5, 5.41) is 16.6. The van der Waals surface area contributed by atoms with E-state index in [1.54, 1.807) is 6.07 Å². The maximum absolute atomic E-state index is 14.0. The maximum Gasteiger partial charge on any atom is 0.312 e. The summed E-state index contributed by atoms with van der Waals surface area (Å²) in [5.41, 5.74) is 0.0322. The number of carbonyl (C=O) groups is 2. The van der Waals surface area contributed by atoms with Crippen LogP contribution in [0.3, 0.4) is 0 Å². The van der Waals surface area contributed by atoms with Gasteiger partial charge in [-0.25, -0.2) is 4.39 Å². The lowest BCUT2D eigenvalue weighted by atomic mass is 9.85. The number of hydrogen-bond acceptors (Lipinski definition) is 6. The minimum atomic E-state index is -0.626. The number of hydrogen-bond donors (Lipinski definition) is 0. The van der Waals surface area contributed by atoms with E-state index in [4.69, 9.17) is 4.74 Å². The van der Waals surface area contributed by atoms with Gasteiger partial charge >= 0.3 is 5.69 Å². The van der Waals surface area contributed by atoms with Gasteiger partial charge < -0.3 is 4.74 Å². The number of allylic oxidation sites excluding steroid dienone is 2. The molecule has 5 rings (SSSR count). The van der Waals surface area contributed by atoms with Crippen LogP contribution in [0.2, 0.25) is 0 Å². The molecular weight excluding hydrogens is 497 g/mol. The van der Waals surface area contributed by atoms with Crippen LogP contribution < -0.4 is 4.74 Å². The molecule has 2 aromatic carbocycles. The Morgan fingerprint density at radius 2 is 1.85 bits per heavy atom. The molecule has 0 N–H and O–H groups in total. The molecule has 1 saturated carbocycles. The van der Waals surface area contributed by atoms with Gasteiger partial charge in [0.05, 0.1) is 23.0 Å². The summed E-state index contributed by atoms with van der Waals surface area (Å²) in [6.07, 6.45) is 5.96. The van der Waals surface area contributed by atoms with Crippen molar-refractivity contribution in [2.24, 2.45) is 28.8 Å². The number of rotatable bonds is 6. The largest absolute Gasteiger partial charge is 0.481 e. The lowest BCUT2D eigenvalue weighted by Gasteiger charge is -2.13. The zero-order valence-electron chi connectivity index (χ0n) is 17.1. The number of nitrogens with zero attached hydrogens (tertiary/aromatic N) is 3. The van der Waals surface area contributed by atoms with Crippen molar-refractivity contribution >= 4 is 39.6 Å². The highest BCUT2D eigenvalue weighted by Gasteiger charge is 2.59. The lowest BCUT2D eigenvalue weighted by Crippen LogP contribution is -2.28. The van der Waals surface area contributed by atoms with Gasteiger partial charge in [-0.2, -0.15) is 10.1 Å². The van der Waals surface area contributed by atoms with Gasteiger partial charge in [0, 0.05) is 21.7 Å². The minimum absolute atomic E-state index is 0.0447. The molecule has 2 amide bonds. The van der Waals surface area contributed by atoms with Gasteiger partial charge in [-0.3, -0.25) is 19.7 Å². The van der Waals surface area contributed by atoms with Crippen LogP contribution in [-0.4, -0.2) is 28.0 Å². The predicted octanol–water partition coefficient (Wildman–Crippen LogP) is 4.22. The van der Waals surface area contributed by atoms with Crippen LogP contribution in [0.5, 0.6) is 5.75 Å². The number of benzene rings is 2. The molecule has 0 unspecified atom stereocenters. The summed E-state index contributed by atoms with van der Waals surface area (Å²) in [5.74, 6) is -2.09. The summed E-state index contributed by atoms with van der Waals surface area (Å²) < 4.78 is 20.0. The number of nitro groups is 1. The van der Waals surface area contributed by atoms with Crippen LogP contribution in [0.1, 0.15) is 17.5 Å². The molecule has 168 valence electrons. The van der Waals surface area contributed by atoms with Gasteiger partial charge in [0.15, 0.2) is 0 Å². The van der Waals surface area contributed by atoms with Gasteiger partial charge in [0.1, 0.15) is 12.4 Å². The SMILES string of the molecule is O=C1[C@@H]2[C@H](C(=O)N1N=Cc1cc(Br)cc([N+](=O)[O-])c1OCc1ccccc1F)[C@H]1C=C[C@H]2C1. The van der Waals surface area contributed by atoms with Crippen molar-refractivity contribution in [1.82, 2.24) is 5.01 Å². The molecule has 0 radical (unpaired) electrons. The number of amides is 2. The van der Waals surface area contributed by atoms with E-state index >= 15 is 0 Å². The Balaban J connectivity index is 1.46. The van der Waals surface area contributed by atoms with Crippen molar-refractivity contribution in [3.05, 3.63) is 80.1 Å². The van der Waals surface area contributed by atoms with Gasteiger partial charge in [-0.1, -0.05) is 46.3 Å². The van der Waals surface area contributed by atoms with Crippen molar-refractivity contribution in [1.29, 1.82) is 0 Å². The molecule has 1 saturated heterocycles. The Bertz CT molecular complexity index is 1220. The number of carbonyl (C=O) groups excluding carboxylic acids is 2. The van der Waals surface area contributed by atoms with Crippen LogP contribution >= 0.6 is 15.9 Å². The second kappa shape index (κ2) is 8.18. The van der Waals surface area contributed by atoms with Crippen LogP contribution in [0.15, 0.2) is 58.1 Å². The summed E-state index contributed by atoms with van der Waals surface area (Å²) in [6.45, 7) is -0.253. The first-order chi connectivity index (χ1) is 15.8. The first-order valence-corrected chi connectivity index (χ1v) is 11.1. The van der Waals surface area contributed by atoms with Crippen molar-refractivity contribution in [2.45, 2.75) is 13.0 Å². The Kier molecular flexibility index (Phi) is 5.32. The predicted molar refractivity (Wildman–Crippen MR) is 119 cm³/mol. The van der Waals surface area contributed by atoms with E-state index in [9.17, 15) is 24.1 Å². The molecule has 2 fully saturated rings. The molecule has 3 aliphatic rings. The second-order valence-electron chi connectivity index (χ2n) is 8.21. The van der Waals surface area contributed by atoms with E-state index in [1.165, 1.54) is 36.5 Å². The third-order valence-corrected chi connectivity index (χ3v) is 6.81. The second-order valence-corrected chi connectivity index (χ2v) is 9.13. The molecule has 8 nitrogen and oxygen atoms in total. The molecule has 0 spiro atoms. The highest BCUT2D eigenvalue weighted by atomic mass is 79.9. The Labute approximate surface area is 196 Å². The molecule has 33 heavy (non-hydrogen) atoms. The number of nitro benzene ring substituents is 1. The lowest BCUT2D eigenvalue weighted by molar-refractivity contribution is -0.386. The summed E-state index contributed by atoms with van der Waals surface area (Å²) in [7, 11) is 0. The van der Waals surface area contributed by atoms with E-state index in [2.05, 4.69) is 21.0 Å². The Morgan fingerprint density at radius 3 is 2.48 bits per heavy atom. The number of hydrazone groups is 1. The highest BCUT2D eigenvalue weighted by Crippen LogP contribution is 2.52. The van der Waals surface area contributed by atoms with Gasteiger partial charge in [-0.05, 0) is 30.4 Å². The third kappa shape index (κ3) is 3.64. The van der Waals surface area contributed by atoms with E-state index in [-0.39, 0.29) is 52.8 Å². The van der Waals surface area contributed by atoms with Crippen molar-refractivity contribution in [2.75, 3.05) is 0 Å². The zero-order valence-corrected chi connectivity index (χ0v) is 18.6. The van der Waals surface area contributed by atoms with Crippen LogP contribution in [0, 0.1) is 39.6 Å². The van der Waals surface area contributed by atoms with E-state index in [0.717, 1.165) is 11.4 Å². The fourth-order valence-electron chi connectivity index (χ4n) is 4.87. The monoisotopic (exact) mass is 513 g/mol. The maximum atomic E-state index is 14.0. The molecule has 2 bridgehead atoms. The third-order valence-electron chi connectivity index (χ3n) is 6.35. The van der Waals surface area contributed by atoms with Crippen molar-refractivity contribution in [3.8, 4) is 5.75 Å². The standard InChI is InChI=1S/C23H17BrFN3O5/c24-16-8-15(10-26-27-22(29)19-12-5-6-13(7-12)20(19)23(27)30)21(18(9-16)28(31)32)33-11-14-3-1-2-4-17(14)25/h1-6,8-10,12-13,19-20H,7,11H2/t12-,13-,19-,20+/m0/s1. The van der Waals surface area contributed by atoms with Crippen LogP contribution in [-0.2, 0) is 16.2 Å². The average molecular weight is 514 g/mol. The smallest absolute Gasteiger partial charge is 0.312 e. The molecule has 2 aromatic rings. The molecule has 10 heteroatoms. The van der Waals surface area contributed by atoms with Crippen LogP contribution in [0.4, 0.5) is 10.1 Å². The minimum Gasteiger partial charge on any atom is -0.481 e. The van der Waals surface area contributed by atoms with E-state index in [1.807, 2.05) is 12.2 Å². The highest BCUT2D eigenvalue weighted by molar-refractivity contribution is 9.10. The average Bonchev–Trinajstić information content (AvgIpc) is 3.46. The zero-order chi connectivity index (χ0) is 23.3. The molecular formula is C23H17BrFN3O5. The Morgan fingerprint density at radius 1 is 1.18 bits per heavy atom. The van der Waals surface area contributed by atoms with Gasteiger partial charge in [-0.15, -0.1) is 0 Å². The summed E-state index contributed by atoms with van der Waals surface area (Å²) in [6, 6.07) is 8.71. The van der Waals surface area contributed by atoms with Gasteiger partial charge in [0.25, 0.3) is 11.8 Å². The number of fused-ring (bicyclic) bond motifs is 5. The number of ether oxygens (including phenoxy) is 1. The normalized spacial score (nSPS) is 25.3. The molecule has 2 aliphatic carbocycles. The van der Waals surface area contributed by atoms with E-state index < -0.39 is 22.6 Å². The first kappa shape index (κ1) is 21.4. The van der Waals surface area contributed by atoms with Crippen LogP contribution in [0.25, 0.3) is 0 Å². The summed E-state index contributed by atoms with van der Waals surface area (Å²) >= 11 is 3.23. The first-order valence-electron chi connectivity index (χ1n) is 10.3. The quantitative estimate of drug-likeness (QED) is 0.189. The molecule has 1 heterocycles. The summed E-state index contributed by atoms with van der Waals surface area (Å²) in [4.78, 5) is 36.7. The fourth-order valence-corrected chi connectivity index (χ4v) is 5.34. The van der Waals surface area contributed by atoms with Gasteiger partial charge in [0.2, 0.25) is 5.75 Å². The molecule has 1 aliphatic heterocycles. The molecule has 4 atom stereocenters. The van der Waals surface area contributed by atoms with E-state index in [0.29, 0.717) is 4.47 Å². The van der Waals surface area contributed by atoms with Crippen molar-refractivity contribution in [3.63, 3.8) is 0 Å². The fraction of sp³-hybridized carbons (Fsp3) is 0.261. The number of halogens is 2.